The predicted molar refractivity (Wildman–Crippen MR) is 59.3 cm³/mol. The molecule has 2 rings (SSSR count). The third-order valence-electron chi connectivity index (χ3n) is 2.92. The van der Waals surface area contributed by atoms with Crippen LogP contribution in [-0.2, 0) is 11.0 Å². The Labute approximate surface area is 103 Å². The maximum absolute atomic E-state index is 12.6. The summed E-state index contributed by atoms with van der Waals surface area (Å²) < 4.78 is 37.7. The highest BCUT2D eigenvalue weighted by atomic mass is 19.4. The van der Waals surface area contributed by atoms with E-state index < -0.39 is 11.7 Å². The molecule has 3 nitrogen and oxygen atoms in total. The van der Waals surface area contributed by atoms with Gasteiger partial charge in [0.1, 0.15) is 0 Å². The molecule has 1 aliphatic heterocycles. The first kappa shape index (κ1) is 12.9. The SMILES string of the molecule is CCN1NC(c2cccc(C(F)(F)F)c2)CC1=O. The molecule has 0 bridgehead atoms. The number of carbonyl (C=O) groups excluding carboxylic acids is 1. The molecule has 0 spiro atoms. The van der Waals surface area contributed by atoms with Crippen LogP contribution in [0.25, 0.3) is 0 Å². The Kier molecular flexibility index (Phi) is 3.30. The fourth-order valence-electron chi connectivity index (χ4n) is 1.98. The Morgan fingerprint density at radius 1 is 1.44 bits per heavy atom. The van der Waals surface area contributed by atoms with Crippen LogP contribution in [0.5, 0.6) is 0 Å². The van der Waals surface area contributed by atoms with Crippen molar-refractivity contribution in [2.45, 2.75) is 25.6 Å². The standard InChI is InChI=1S/C12H13F3N2O/c1-2-17-11(18)7-10(16-17)8-4-3-5-9(6-8)12(13,14)15/h3-6,10,16H,2,7H2,1H3. The van der Waals surface area contributed by atoms with Gasteiger partial charge in [-0.3, -0.25) is 9.80 Å². The minimum atomic E-state index is -4.36. The normalized spacial score (nSPS) is 20.6. The van der Waals surface area contributed by atoms with Gasteiger partial charge in [-0.2, -0.15) is 13.2 Å². The molecule has 1 aliphatic rings. The van der Waals surface area contributed by atoms with Crippen molar-refractivity contribution in [1.29, 1.82) is 0 Å². The molecule has 1 aromatic rings. The molecule has 1 fully saturated rings. The quantitative estimate of drug-likeness (QED) is 0.884. The van der Waals surface area contributed by atoms with Crippen LogP contribution in [0.3, 0.4) is 0 Å². The summed E-state index contributed by atoms with van der Waals surface area (Å²) in [7, 11) is 0. The fraction of sp³-hybridized carbons (Fsp3) is 0.417. The lowest BCUT2D eigenvalue weighted by molar-refractivity contribution is -0.137. The number of hydrazine groups is 1. The van der Waals surface area contributed by atoms with Gasteiger partial charge in [0.25, 0.3) is 0 Å². The molecule has 1 heterocycles. The molecule has 1 N–H and O–H groups in total. The number of hydrogen-bond acceptors (Lipinski definition) is 2. The maximum atomic E-state index is 12.6. The van der Waals surface area contributed by atoms with Crippen molar-refractivity contribution >= 4 is 5.91 Å². The van der Waals surface area contributed by atoms with Crippen molar-refractivity contribution in [2.24, 2.45) is 0 Å². The van der Waals surface area contributed by atoms with Crippen LogP contribution in [0.2, 0.25) is 0 Å². The van der Waals surface area contributed by atoms with E-state index in [1.807, 2.05) is 0 Å². The average molecular weight is 258 g/mol. The van der Waals surface area contributed by atoms with Gasteiger partial charge in [0.2, 0.25) is 5.91 Å². The van der Waals surface area contributed by atoms with Crippen molar-refractivity contribution in [3.8, 4) is 0 Å². The summed E-state index contributed by atoms with van der Waals surface area (Å²) in [5, 5.41) is 1.42. The highest BCUT2D eigenvalue weighted by Gasteiger charge is 2.33. The molecule has 1 aromatic carbocycles. The Morgan fingerprint density at radius 2 is 2.17 bits per heavy atom. The molecule has 1 amide bonds. The first-order valence-corrected chi connectivity index (χ1v) is 5.65. The topological polar surface area (TPSA) is 32.3 Å². The lowest BCUT2D eigenvalue weighted by Gasteiger charge is -2.16. The summed E-state index contributed by atoms with van der Waals surface area (Å²) in [6, 6.07) is 4.69. The summed E-state index contributed by atoms with van der Waals surface area (Å²) in [4.78, 5) is 11.5. The molecular weight excluding hydrogens is 245 g/mol. The van der Waals surface area contributed by atoms with Crippen LogP contribution in [0, 0.1) is 0 Å². The summed E-state index contributed by atoms with van der Waals surface area (Å²) in [5.41, 5.74) is 2.69. The van der Waals surface area contributed by atoms with Crippen molar-refractivity contribution in [3.05, 3.63) is 35.4 Å². The Bertz CT molecular complexity index is 459. The van der Waals surface area contributed by atoms with Gasteiger partial charge < -0.3 is 0 Å². The van der Waals surface area contributed by atoms with E-state index in [2.05, 4.69) is 5.43 Å². The summed E-state index contributed by atoms with van der Waals surface area (Å²) in [6.45, 7) is 2.30. The third kappa shape index (κ3) is 2.48. The first-order chi connectivity index (χ1) is 8.41. The Hall–Kier alpha value is -1.56. The number of rotatable bonds is 2. The summed E-state index contributed by atoms with van der Waals surface area (Å²) in [5.74, 6) is -0.0973. The van der Waals surface area contributed by atoms with Crippen molar-refractivity contribution in [2.75, 3.05) is 6.54 Å². The van der Waals surface area contributed by atoms with Crippen molar-refractivity contribution < 1.29 is 18.0 Å². The number of hydrogen-bond donors (Lipinski definition) is 1. The molecule has 1 saturated heterocycles. The smallest absolute Gasteiger partial charge is 0.278 e. The number of benzene rings is 1. The molecular formula is C12H13F3N2O. The largest absolute Gasteiger partial charge is 0.416 e. The van der Waals surface area contributed by atoms with E-state index in [-0.39, 0.29) is 18.4 Å². The Balaban J connectivity index is 2.23. The molecule has 0 saturated carbocycles. The van der Waals surface area contributed by atoms with Gasteiger partial charge in [0.15, 0.2) is 0 Å². The zero-order valence-electron chi connectivity index (χ0n) is 9.79. The van der Waals surface area contributed by atoms with Gasteiger partial charge in [-0.15, -0.1) is 0 Å². The second-order valence-corrected chi connectivity index (χ2v) is 4.15. The highest BCUT2D eigenvalue weighted by molar-refractivity contribution is 5.78. The predicted octanol–water partition coefficient (Wildman–Crippen LogP) is 2.50. The van der Waals surface area contributed by atoms with E-state index in [4.69, 9.17) is 0 Å². The number of nitrogens with one attached hydrogen (secondary N) is 1. The first-order valence-electron chi connectivity index (χ1n) is 5.65. The zero-order chi connectivity index (χ0) is 13.3. The molecule has 1 unspecified atom stereocenters. The molecule has 18 heavy (non-hydrogen) atoms. The van der Waals surface area contributed by atoms with E-state index in [9.17, 15) is 18.0 Å². The minimum absolute atomic E-state index is 0.0973. The lowest BCUT2D eigenvalue weighted by atomic mass is 10.0. The van der Waals surface area contributed by atoms with Crippen molar-refractivity contribution in [3.63, 3.8) is 0 Å². The second kappa shape index (κ2) is 4.61. The van der Waals surface area contributed by atoms with Crippen molar-refractivity contribution in [1.82, 2.24) is 10.4 Å². The maximum Gasteiger partial charge on any atom is 0.416 e. The van der Waals surface area contributed by atoms with Crippen LogP contribution in [0.1, 0.15) is 30.5 Å². The number of carbonyl (C=O) groups is 1. The van der Waals surface area contributed by atoms with Gasteiger partial charge in [0, 0.05) is 13.0 Å². The van der Waals surface area contributed by atoms with Crippen LogP contribution >= 0.6 is 0 Å². The highest BCUT2D eigenvalue weighted by Crippen LogP contribution is 2.32. The van der Waals surface area contributed by atoms with Gasteiger partial charge in [-0.1, -0.05) is 12.1 Å². The van der Waals surface area contributed by atoms with Gasteiger partial charge >= 0.3 is 6.18 Å². The number of alkyl halides is 3. The molecule has 98 valence electrons. The number of amides is 1. The number of halogens is 3. The molecule has 0 aliphatic carbocycles. The summed E-state index contributed by atoms with van der Waals surface area (Å²) in [6.07, 6.45) is -4.17. The van der Waals surface area contributed by atoms with Crippen LogP contribution in [-0.4, -0.2) is 17.5 Å². The van der Waals surface area contributed by atoms with E-state index >= 15 is 0 Å². The van der Waals surface area contributed by atoms with E-state index in [0.29, 0.717) is 12.1 Å². The van der Waals surface area contributed by atoms with Gasteiger partial charge in [-0.05, 0) is 24.6 Å². The fourth-order valence-corrected chi connectivity index (χ4v) is 1.98. The van der Waals surface area contributed by atoms with E-state index in [1.165, 1.54) is 11.1 Å². The van der Waals surface area contributed by atoms with Crippen LogP contribution < -0.4 is 5.43 Å². The minimum Gasteiger partial charge on any atom is -0.278 e. The van der Waals surface area contributed by atoms with Gasteiger partial charge in [0.05, 0.1) is 11.6 Å². The Morgan fingerprint density at radius 3 is 2.72 bits per heavy atom. The molecule has 0 aromatic heterocycles. The lowest BCUT2D eigenvalue weighted by Crippen LogP contribution is -2.34. The van der Waals surface area contributed by atoms with Crippen LogP contribution in [0.15, 0.2) is 24.3 Å². The van der Waals surface area contributed by atoms with Crippen LogP contribution in [0.4, 0.5) is 13.2 Å². The van der Waals surface area contributed by atoms with E-state index in [1.54, 1.807) is 13.0 Å². The molecule has 0 radical (unpaired) electrons. The third-order valence-corrected chi connectivity index (χ3v) is 2.92. The average Bonchev–Trinajstić information content (AvgIpc) is 2.70. The van der Waals surface area contributed by atoms with E-state index in [0.717, 1.165) is 12.1 Å². The molecule has 1 atom stereocenters. The van der Waals surface area contributed by atoms with Gasteiger partial charge in [-0.25, -0.2) is 5.43 Å². The monoisotopic (exact) mass is 258 g/mol. The second-order valence-electron chi connectivity index (χ2n) is 4.15. The number of nitrogens with zero attached hydrogens (tertiary/aromatic N) is 1. The molecule has 6 heteroatoms. The zero-order valence-corrected chi connectivity index (χ0v) is 9.79. The summed E-state index contributed by atoms with van der Waals surface area (Å²) >= 11 is 0.